The van der Waals surface area contributed by atoms with Gasteiger partial charge in [-0.15, -0.1) is 0 Å². The molecule has 1 atom stereocenters. The van der Waals surface area contributed by atoms with E-state index in [9.17, 15) is 4.39 Å². The summed E-state index contributed by atoms with van der Waals surface area (Å²) < 4.78 is 14.5. The fourth-order valence-corrected chi connectivity index (χ4v) is 3.44. The van der Waals surface area contributed by atoms with E-state index in [2.05, 4.69) is 15.9 Å². The normalized spacial score (nSPS) is 21.5. The highest BCUT2D eigenvalue weighted by Gasteiger charge is 2.21. The fourth-order valence-electron chi connectivity index (χ4n) is 1.69. The summed E-state index contributed by atoms with van der Waals surface area (Å²) in [5, 5.41) is 0. The van der Waals surface area contributed by atoms with Crippen molar-refractivity contribution in [3.05, 3.63) is 33.5 Å². The monoisotopic (exact) mass is 275 g/mol. The Morgan fingerprint density at radius 2 is 2.29 bits per heavy atom. The summed E-state index contributed by atoms with van der Waals surface area (Å²) in [6, 6.07) is 3.09. The Bertz CT molecular complexity index is 356. The highest BCUT2D eigenvalue weighted by atomic mass is 79.9. The molecule has 1 aliphatic rings. The van der Waals surface area contributed by atoms with Crippen LogP contribution in [0.5, 0.6) is 0 Å². The Kier molecular flexibility index (Phi) is 3.14. The molecule has 0 bridgehead atoms. The van der Waals surface area contributed by atoms with Crippen LogP contribution < -0.4 is 5.73 Å². The maximum atomic E-state index is 13.6. The molecule has 0 saturated heterocycles. The summed E-state index contributed by atoms with van der Waals surface area (Å²) in [5.74, 6) is 1.68. The lowest BCUT2D eigenvalue weighted by Gasteiger charge is -2.14. The molecule has 1 aliphatic heterocycles. The molecule has 0 saturated carbocycles. The van der Waals surface area contributed by atoms with E-state index in [1.165, 1.54) is 6.07 Å². The van der Waals surface area contributed by atoms with Crippen LogP contribution in [0.4, 0.5) is 4.39 Å². The summed E-state index contributed by atoms with van der Waals surface area (Å²) >= 11 is 5.25. The molecular weight excluding hydrogens is 265 g/mol. The van der Waals surface area contributed by atoms with E-state index in [1.807, 2.05) is 11.8 Å². The molecule has 0 aliphatic carbocycles. The zero-order valence-electron chi connectivity index (χ0n) is 7.59. The second kappa shape index (κ2) is 4.21. The van der Waals surface area contributed by atoms with Crippen molar-refractivity contribution in [1.82, 2.24) is 0 Å². The van der Waals surface area contributed by atoms with E-state index in [0.29, 0.717) is 5.56 Å². The number of nitrogens with two attached hydrogens (primary N) is 1. The average Bonchev–Trinajstić information content (AvgIpc) is 2.35. The molecule has 1 aromatic carbocycles. The van der Waals surface area contributed by atoms with Gasteiger partial charge in [0.15, 0.2) is 0 Å². The van der Waals surface area contributed by atoms with Crippen LogP contribution in [-0.2, 0) is 5.75 Å². The molecule has 0 fully saturated rings. The molecule has 1 aromatic rings. The minimum absolute atomic E-state index is 0.155. The van der Waals surface area contributed by atoms with Gasteiger partial charge in [-0.2, -0.15) is 11.8 Å². The highest BCUT2D eigenvalue weighted by molar-refractivity contribution is 9.10. The number of benzene rings is 1. The van der Waals surface area contributed by atoms with Crippen LogP contribution in [0.1, 0.15) is 23.6 Å². The van der Waals surface area contributed by atoms with Gasteiger partial charge in [-0.25, -0.2) is 4.39 Å². The van der Waals surface area contributed by atoms with Gasteiger partial charge in [0.2, 0.25) is 0 Å². The largest absolute Gasteiger partial charge is 0.324 e. The third-order valence-electron chi connectivity index (χ3n) is 2.44. The number of hydrogen-bond acceptors (Lipinski definition) is 2. The van der Waals surface area contributed by atoms with Crippen molar-refractivity contribution in [1.29, 1.82) is 0 Å². The standard InChI is InChI=1S/C10H11BrFNS/c11-7-1-2-8(12)10-6(7)5-14-4-3-9(10)13/h1-2,9H,3-5,13H2/t9-/m1/s1. The van der Waals surface area contributed by atoms with E-state index < -0.39 is 0 Å². The minimum atomic E-state index is -0.168. The van der Waals surface area contributed by atoms with Crippen molar-refractivity contribution in [2.75, 3.05) is 5.75 Å². The van der Waals surface area contributed by atoms with Crippen LogP contribution in [0.2, 0.25) is 0 Å². The van der Waals surface area contributed by atoms with Crippen LogP contribution >= 0.6 is 27.7 Å². The van der Waals surface area contributed by atoms with Gasteiger partial charge < -0.3 is 5.73 Å². The molecule has 0 amide bonds. The Labute approximate surface area is 95.4 Å². The molecule has 2 N–H and O–H groups in total. The lowest BCUT2D eigenvalue weighted by Crippen LogP contribution is -2.13. The van der Waals surface area contributed by atoms with E-state index in [4.69, 9.17) is 5.73 Å². The van der Waals surface area contributed by atoms with Crippen molar-refractivity contribution in [3.8, 4) is 0 Å². The van der Waals surface area contributed by atoms with E-state index in [1.54, 1.807) is 6.07 Å². The van der Waals surface area contributed by atoms with Crippen LogP contribution in [0.3, 0.4) is 0 Å². The molecule has 2 rings (SSSR count). The topological polar surface area (TPSA) is 26.0 Å². The molecule has 1 nitrogen and oxygen atoms in total. The quantitative estimate of drug-likeness (QED) is 0.787. The third kappa shape index (κ3) is 1.83. The van der Waals surface area contributed by atoms with Gasteiger partial charge in [0, 0.05) is 21.8 Å². The van der Waals surface area contributed by atoms with Crippen molar-refractivity contribution >= 4 is 27.7 Å². The van der Waals surface area contributed by atoms with Crippen LogP contribution in [0.25, 0.3) is 0 Å². The molecule has 0 unspecified atom stereocenters. The first-order chi connectivity index (χ1) is 6.70. The average molecular weight is 276 g/mol. The van der Waals surface area contributed by atoms with Crippen LogP contribution in [0.15, 0.2) is 16.6 Å². The second-order valence-electron chi connectivity index (χ2n) is 3.37. The molecule has 0 radical (unpaired) electrons. The zero-order valence-corrected chi connectivity index (χ0v) is 10.00. The molecule has 14 heavy (non-hydrogen) atoms. The van der Waals surface area contributed by atoms with Gasteiger partial charge in [-0.1, -0.05) is 15.9 Å². The summed E-state index contributed by atoms with van der Waals surface area (Å²) in [7, 11) is 0. The second-order valence-corrected chi connectivity index (χ2v) is 5.33. The molecule has 0 aromatic heterocycles. The maximum Gasteiger partial charge on any atom is 0.128 e. The van der Waals surface area contributed by atoms with Gasteiger partial charge >= 0.3 is 0 Å². The predicted molar refractivity (Wildman–Crippen MR) is 61.8 cm³/mol. The first kappa shape index (κ1) is 10.5. The predicted octanol–water partition coefficient (Wildman–Crippen LogP) is 3.22. The lowest BCUT2D eigenvalue weighted by molar-refractivity contribution is 0.575. The van der Waals surface area contributed by atoms with E-state index in [-0.39, 0.29) is 11.9 Å². The van der Waals surface area contributed by atoms with Gasteiger partial charge in [0.05, 0.1) is 0 Å². The van der Waals surface area contributed by atoms with Gasteiger partial charge in [-0.05, 0) is 29.9 Å². The number of fused-ring (bicyclic) bond motifs is 1. The van der Waals surface area contributed by atoms with Crippen molar-refractivity contribution in [2.24, 2.45) is 5.73 Å². The summed E-state index contributed by atoms with van der Waals surface area (Å²) in [6.45, 7) is 0. The fraction of sp³-hybridized carbons (Fsp3) is 0.400. The molecule has 76 valence electrons. The maximum absolute atomic E-state index is 13.6. The zero-order chi connectivity index (χ0) is 10.1. The molecule has 1 heterocycles. The summed E-state index contributed by atoms with van der Waals surface area (Å²) in [5.41, 5.74) is 7.67. The van der Waals surface area contributed by atoms with Gasteiger partial charge in [0.1, 0.15) is 5.82 Å². The highest BCUT2D eigenvalue weighted by Crippen LogP contribution is 2.35. The minimum Gasteiger partial charge on any atom is -0.324 e. The van der Waals surface area contributed by atoms with Crippen molar-refractivity contribution < 1.29 is 4.39 Å². The lowest BCUT2D eigenvalue weighted by atomic mass is 9.99. The van der Waals surface area contributed by atoms with E-state index >= 15 is 0 Å². The Morgan fingerprint density at radius 3 is 3.07 bits per heavy atom. The number of halogens is 2. The van der Waals surface area contributed by atoms with Gasteiger partial charge in [0.25, 0.3) is 0 Å². The van der Waals surface area contributed by atoms with Crippen molar-refractivity contribution in [3.63, 3.8) is 0 Å². The molecular formula is C10H11BrFNS. The summed E-state index contributed by atoms with van der Waals surface area (Å²) in [6.07, 6.45) is 0.852. The Hall–Kier alpha value is -0.0600. The van der Waals surface area contributed by atoms with Crippen molar-refractivity contribution in [2.45, 2.75) is 18.2 Å². The van der Waals surface area contributed by atoms with E-state index in [0.717, 1.165) is 28.0 Å². The van der Waals surface area contributed by atoms with Crippen LogP contribution in [-0.4, -0.2) is 5.75 Å². The third-order valence-corrected chi connectivity index (χ3v) is 4.20. The molecule has 0 spiro atoms. The number of rotatable bonds is 0. The number of thioether (sulfide) groups is 1. The summed E-state index contributed by atoms with van der Waals surface area (Å²) in [4.78, 5) is 0. The molecule has 4 heteroatoms. The van der Waals surface area contributed by atoms with Crippen LogP contribution in [0, 0.1) is 5.82 Å². The SMILES string of the molecule is N[C@@H]1CCSCc2c(Br)ccc(F)c21. The Morgan fingerprint density at radius 1 is 1.50 bits per heavy atom. The number of hydrogen-bond donors (Lipinski definition) is 1. The first-order valence-electron chi connectivity index (χ1n) is 4.50. The first-order valence-corrected chi connectivity index (χ1v) is 6.45. The Balaban J connectivity index is 2.57. The van der Waals surface area contributed by atoms with Gasteiger partial charge in [-0.3, -0.25) is 0 Å². The smallest absolute Gasteiger partial charge is 0.128 e.